The molecule has 2 N–H and O–H groups in total. The smallest absolute Gasteiger partial charge is 0.255 e. The molecule has 0 aliphatic rings. The fourth-order valence-electron chi connectivity index (χ4n) is 2.74. The quantitative estimate of drug-likeness (QED) is 0.678. The summed E-state index contributed by atoms with van der Waals surface area (Å²) < 4.78 is 5.16. The van der Waals surface area contributed by atoms with Crippen molar-refractivity contribution in [1.82, 2.24) is 15.5 Å². The summed E-state index contributed by atoms with van der Waals surface area (Å²) in [6.07, 6.45) is 0.254. The molecule has 1 aromatic rings. The largest absolute Gasteiger partial charge is 0.496 e. The van der Waals surface area contributed by atoms with Crippen LogP contribution in [0.25, 0.3) is 0 Å². The minimum atomic E-state index is -0.240. The Morgan fingerprint density at radius 3 is 2.28 bits per heavy atom. The predicted octanol–water partition coefficient (Wildman–Crippen LogP) is 2.05. The number of methoxy groups -OCH3 is 1. The highest BCUT2D eigenvalue weighted by Crippen LogP contribution is 2.16. The number of carbonyl (C=O) groups is 2. The normalized spacial score (nSPS) is 11.0. The number of para-hydroxylation sites is 1. The van der Waals surface area contributed by atoms with E-state index in [9.17, 15) is 9.59 Å². The zero-order valence-electron chi connectivity index (χ0n) is 16.0. The second kappa shape index (κ2) is 10.7. The third-order valence-electron chi connectivity index (χ3n) is 4.01. The van der Waals surface area contributed by atoms with Crippen LogP contribution in [-0.2, 0) is 4.79 Å². The van der Waals surface area contributed by atoms with Crippen molar-refractivity contribution >= 4 is 11.8 Å². The molecule has 0 heterocycles. The van der Waals surface area contributed by atoms with Crippen LogP contribution in [-0.4, -0.2) is 55.5 Å². The number of hydrogen-bond donors (Lipinski definition) is 2. The molecule has 140 valence electrons. The number of rotatable bonds is 10. The van der Waals surface area contributed by atoms with E-state index in [4.69, 9.17) is 4.74 Å². The summed E-state index contributed by atoms with van der Waals surface area (Å²) in [6, 6.07) is 7.89. The molecular weight excluding hydrogens is 318 g/mol. The molecule has 0 saturated carbocycles. The monoisotopic (exact) mass is 349 g/mol. The highest BCUT2D eigenvalue weighted by Gasteiger charge is 2.14. The first kappa shape index (κ1) is 21.0. The molecular formula is C19H31N3O3. The number of hydrogen-bond acceptors (Lipinski definition) is 4. The van der Waals surface area contributed by atoms with E-state index < -0.39 is 0 Å². The second-order valence-electron chi connectivity index (χ2n) is 6.48. The summed E-state index contributed by atoms with van der Waals surface area (Å²) in [6.45, 7) is 10.3. The van der Waals surface area contributed by atoms with E-state index in [0.717, 1.165) is 6.54 Å². The van der Waals surface area contributed by atoms with E-state index in [0.29, 0.717) is 36.5 Å². The molecule has 0 saturated heterocycles. The Balaban J connectivity index is 2.31. The van der Waals surface area contributed by atoms with Crippen LogP contribution in [0, 0.1) is 0 Å². The lowest BCUT2D eigenvalue weighted by atomic mass is 10.2. The summed E-state index contributed by atoms with van der Waals surface area (Å²) in [5.74, 6) is 0.218. The Labute approximate surface area is 150 Å². The first-order chi connectivity index (χ1) is 11.9. The van der Waals surface area contributed by atoms with Crippen molar-refractivity contribution in [2.45, 2.75) is 46.2 Å². The zero-order valence-corrected chi connectivity index (χ0v) is 16.0. The van der Waals surface area contributed by atoms with Crippen LogP contribution in [0.1, 0.15) is 44.5 Å². The van der Waals surface area contributed by atoms with Gasteiger partial charge in [0, 0.05) is 38.1 Å². The number of ether oxygens (including phenoxy) is 1. The number of nitrogens with zero attached hydrogens (tertiary/aromatic N) is 1. The Morgan fingerprint density at radius 2 is 1.68 bits per heavy atom. The second-order valence-corrected chi connectivity index (χ2v) is 6.48. The molecule has 6 nitrogen and oxygen atoms in total. The summed E-state index contributed by atoms with van der Waals surface area (Å²) in [4.78, 5) is 26.4. The van der Waals surface area contributed by atoms with Gasteiger partial charge < -0.3 is 15.4 Å². The number of nitrogens with one attached hydrogen (secondary N) is 2. The molecule has 0 aromatic heterocycles. The van der Waals surface area contributed by atoms with Gasteiger partial charge >= 0.3 is 0 Å². The van der Waals surface area contributed by atoms with E-state index >= 15 is 0 Å². The number of carbonyl (C=O) groups excluding carboxylic acids is 2. The zero-order chi connectivity index (χ0) is 18.8. The van der Waals surface area contributed by atoms with Crippen LogP contribution in [0.3, 0.4) is 0 Å². The van der Waals surface area contributed by atoms with E-state index in [1.165, 1.54) is 7.11 Å². The summed E-state index contributed by atoms with van der Waals surface area (Å²) in [5, 5.41) is 5.65. The molecule has 1 aromatic carbocycles. The van der Waals surface area contributed by atoms with Gasteiger partial charge in [-0.2, -0.15) is 0 Å². The highest BCUT2D eigenvalue weighted by molar-refractivity contribution is 5.97. The molecule has 1 rings (SSSR count). The van der Waals surface area contributed by atoms with E-state index in [1.807, 2.05) is 0 Å². The van der Waals surface area contributed by atoms with Gasteiger partial charge in [-0.1, -0.05) is 12.1 Å². The van der Waals surface area contributed by atoms with Gasteiger partial charge in [0.2, 0.25) is 5.91 Å². The van der Waals surface area contributed by atoms with Crippen LogP contribution in [0.4, 0.5) is 0 Å². The lowest BCUT2D eigenvalue weighted by Crippen LogP contribution is -2.42. The van der Waals surface area contributed by atoms with Crippen LogP contribution < -0.4 is 15.4 Å². The maximum Gasteiger partial charge on any atom is 0.255 e. The molecule has 0 spiro atoms. The van der Waals surface area contributed by atoms with Gasteiger partial charge in [-0.25, -0.2) is 0 Å². The molecule has 0 unspecified atom stereocenters. The average molecular weight is 349 g/mol. The average Bonchev–Trinajstić information content (AvgIpc) is 2.57. The SMILES string of the molecule is COc1ccccc1C(=O)NCCC(=O)NCCN(C(C)C)C(C)C. The van der Waals surface area contributed by atoms with Gasteiger partial charge in [0.1, 0.15) is 5.75 Å². The van der Waals surface area contributed by atoms with Gasteiger partial charge in [-0.3, -0.25) is 14.5 Å². The van der Waals surface area contributed by atoms with Crippen molar-refractivity contribution < 1.29 is 14.3 Å². The first-order valence-corrected chi connectivity index (χ1v) is 8.80. The maximum atomic E-state index is 12.1. The van der Waals surface area contributed by atoms with Crippen LogP contribution in [0.2, 0.25) is 0 Å². The number of benzene rings is 1. The molecule has 2 amide bonds. The Bertz CT molecular complexity index is 551. The first-order valence-electron chi connectivity index (χ1n) is 8.80. The van der Waals surface area contributed by atoms with Crippen LogP contribution in [0.15, 0.2) is 24.3 Å². The van der Waals surface area contributed by atoms with Crippen LogP contribution in [0.5, 0.6) is 5.75 Å². The minimum Gasteiger partial charge on any atom is -0.496 e. The Morgan fingerprint density at radius 1 is 1.04 bits per heavy atom. The standard InChI is InChI=1S/C19H31N3O3/c1-14(2)22(15(3)4)13-12-20-18(23)10-11-21-19(24)16-8-6-7-9-17(16)25-5/h6-9,14-15H,10-13H2,1-5H3,(H,20,23)(H,21,24). The molecule has 0 radical (unpaired) electrons. The Kier molecular flexibility index (Phi) is 8.99. The van der Waals surface area contributed by atoms with Crippen molar-refractivity contribution in [2.24, 2.45) is 0 Å². The molecule has 25 heavy (non-hydrogen) atoms. The summed E-state index contributed by atoms with van der Waals surface area (Å²) in [7, 11) is 1.52. The lowest BCUT2D eigenvalue weighted by Gasteiger charge is -2.30. The maximum absolute atomic E-state index is 12.1. The van der Waals surface area contributed by atoms with Crippen molar-refractivity contribution in [3.8, 4) is 5.75 Å². The van der Waals surface area contributed by atoms with Gasteiger partial charge in [0.05, 0.1) is 12.7 Å². The van der Waals surface area contributed by atoms with Gasteiger partial charge in [0.25, 0.3) is 5.91 Å². The Hall–Kier alpha value is -2.08. The third kappa shape index (κ3) is 7.13. The third-order valence-corrected chi connectivity index (χ3v) is 4.01. The molecule has 0 fully saturated rings. The topological polar surface area (TPSA) is 70.7 Å². The fraction of sp³-hybridized carbons (Fsp3) is 0.579. The fourth-order valence-corrected chi connectivity index (χ4v) is 2.74. The van der Waals surface area contributed by atoms with Crippen molar-refractivity contribution in [3.63, 3.8) is 0 Å². The molecule has 0 aliphatic carbocycles. The predicted molar refractivity (Wildman–Crippen MR) is 99.9 cm³/mol. The molecule has 6 heteroatoms. The molecule has 0 aliphatic heterocycles. The highest BCUT2D eigenvalue weighted by atomic mass is 16.5. The van der Waals surface area contributed by atoms with Crippen LogP contribution >= 0.6 is 0 Å². The summed E-state index contributed by atoms with van der Waals surface area (Å²) in [5.41, 5.74) is 0.468. The number of amides is 2. The van der Waals surface area contributed by atoms with E-state index in [1.54, 1.807) is 24.3 Å². The van der Waals surface area contributed by atoms with E-state index in [2.05, 4.69) is 43.2 Å². The van der Waals surface area contributed by atoms with Gasteiger partial charge in [-0.15, -0.1) is 0 Å². The minimum absolute atomic E-state index is 0.0622. The summed E-state index contributed by atoms with van der Waals surface area (Å²) >= 11 is 0. The van der Waals surface area contributed by atoms with E-state index in [-0.39, 0.29) is 18.2 Å². The molecule has 0 atom stereocenters. The lowest BCUT2D eigenvalue weighted by molar-refractivity contribution is -0.121. The van der Waals surface area contributed by atoms with Gasteiger partial charge in [-0.05, 0) is 39.8 Å². The molecule has 0 bridgehead atoms. The van der Waals surface area contributed by atoms with Gasteiger partial charge in [0.15, 0.2) is 0 Å². The van der Waals surface area contributed by atoms with Crippen molar-refractivity contribution in [2.75, 3.05) is 26.7 Å². The van der Waals surface area contributed by atoms with Crippen molar-refractivity contribution in [3.05, 3.63) is 29.8 Å². The van der Waals surface area contributed by atoms with Crippen molar-refractivity contribution in [1.29, 1.82) is 0 Å².